The molecule has 0 heterocycles. The predicted octanol–water partition coefficient (Wildman–Crippen LogP) is 4.04. The van der Waals surface area contributed by atoms with Crippen LogP contribution in [0.3, 0.4) is 0 Å². The van der Waals surface area contributed by atoms with Crippen LogP contribution in [0.4, 0.5) is 29.3 Å². The van der Waals surface area contributed by atoms with Crippen LogP contribution in [0, 0.1) is 11.3 Å². The molecular weight excluding hydrogens is 401 g/mol. The lowest BCUT2D eigenvalue weighted by Gasteiger charge is -2.12. The van der Waals surface area contributed by atoms with Crippen molar-refractivity contribution in [1.29, 1.82) is 5.26 Å². The third kappa shape index (κ3) is 6.13. The highest BCUT2D eigenvalue weighted by molar-refractivity contribution is 6.04. The number of ether oxygens (including phenoxy) is 1. The van der Waals surface area contributed by atoms with Gasteiger partial charge in [0.05, 0.1) is 5.56 Å². The van der Waals surface area contributed by atoms with Crippen LogP contribution in [-0.2, 0) is 0 Å². The number of nitriles is 1. The average Bonchev–Trinajstić information content (AvgIpc) is 3.50. The van der Waals surface area contributed by atoms with Gasteiger partial charge in [-0.25, -0.2) is 4.79 Å². The first-order valence-corrected chi connectivity index (χ1v) is 8.96. The van der Waals surface area contributed by atoms with E-state index in [0.29, 0.717) is 11.3 Å². The quantitative estimate of drug-likeness (QED) is 0.659. The summed E-state index contributed by atoms with van der Waals surface area (Å²) < 4.78 is 41.5. The van der Waals surface area contributed by atoms with Crippen LogP contribution in [0.25, 0.3) is 0 Å². The van der Waals surface area contributed by atoms with Gasteiger partial charge >= 0.3 is 12.2 Å². The SMILES string of the molecule is N#Cc1cc(NC(=O)c2ccc(NC(=O)NC3CC3)cc2)ccc1OCC(F)(F)F. The molecular formula is C20H17F3N4O3. The molecule has 1 fully saturated rings. The van der Waals surface area contributed by atoms with Crippen molar-refractivity contribution in [3.63, 3.8) is 0 Å². The number of urea groups is 1. The molecule has 1 saturated carbocycles. The third-order valence-corrected chi connectivity index (χ3v) is 4.07. The maximum Gasteiger partial charge on any atom is 0.422 e. The molecule has 2 aromatic carbocycles. The van der Waals surface area contributed by atoms with E-state index in [2.05, 4.69) is 20.7 Å². The van der Waals surface area contributed by atoms with Gasteiger partial charge in [-0.3, -0.25) is 4.79 Å². The van der Waals surface area contributed by atoms with Crippen molar-refractivity contribution >= 4 is 23.3 Å². The summed E-state index contributed by atoms with van der Waals surface area (Å²) in [6, 6.07) is 11.5. The lowest BCUT2D eigenvalue weighted by molar-refractivity contribution is -0.153. The number of halogens is 3. The van der Waals surface area contributed by atoms with Crippen LogP contribution in [0.2, 0.25) is 0 Å². The Morgan fingerprint density at radius 1 is 1.07 bits per heavy atom. The predicted molar refractivity (Wildman–Crippen MR) is 102 cm³/mol. The molecule has 1 aliphatic rings. The second-order valence-electron chi connectivity index (χ2n) is 6.63. The molecule has 0 aliphatic heterocycles. The van der Waals surface area contributed by atoms with E-state index in [4.69, 9.17) is 5.26 Å². The number of carbonyl (C=O) groups excluding carboxylic acids is 2. The summed E-state index contributed by atoms with van der Waals surface area (Å²) in [5.74, 6) is -0.718. The minimum absolute atomic E-state index is 0.140. The standard InChI is InChI=1S/C20H17F3N4O3/c21-20(22,23)11-30-17-8-7-16(9-13(17)10-24)25-18(28)12-1-3-14(4-2-12)26-19(29)27-15-5-6-15/h1-4,7-9,15H,5-6,11H2,(H,25,28)(H2,26,27,29). The van der Waals surface area contributed by atoms with Crippen LogP contribution in [-0.4, -0.2) is 30.8 Å². The number of amides is 3. The number of hydrogen-bond donors (Lipinski definition) is 3. The molecule has 30 heavy (non-hydrogen) atoms. The Balaban J connectivity index is 1.60. The van der Waals surface area contributed by atoms with Crippen molar-refractivity contribution < 1.29 is 27.5 Å². The minimum atomic E-state index is -4.53. The third-order valence-electron chi connectivity index (χ3n) is 4.07. The molecule has 3 N–H and O–H groups in total. The molecule has 0 atom stereocenters. The number of benzene rings is 2. The van der Waals surface area contributed by atoms with Gasteiger partial charge < -0.3 is 20.7 Å². The molecule has 0 unspecified atom stereocenters. The Hall–Kier alpha value is -3.74. The van der Waals surface area contributed by atoms with E-state index >= 15 is 0 Å². The van der Waals surface area contributed by atoms with Crippen LogP contribution in [0.1, 0.15) is 28.8 Å². The van der Waals surface area contributed by atoms with Gasteiger partial charge in [-0.15, -0.1) is 0 Å². The fraction of sp³-hybridized carbons (Fsp3) is 0.250. The second kappa shape index (κ2) is 8.73. The molecule has 0 saturated heterocycles. The van der Waals surface area contributed by atoms with Gasteiger partial charge in [0, 0.05) is 23.0 Å². The van der Waals surface area contributed by atoms with Crippen molar-refractivity contribution in [2.75, 3.05) is 17.2 Å². The van der Waals surface area contributed by atoms with E-state index in [9.17, 15) is 22.8 Å². The first-order chi connectivity index (χ1) is 14.2. The molecule has 10 heteroatoms. The topological polar surface area (TPSA) is 103 Å². The highest BCUT2D eigenvalue weighted by Crippen LogP contribution is 2.25. The Morgan fingerprint density at radius 3 is 2.33 bits per heavy atom. The Labute approximate surface area is 169 Å². The zero-order valence-corrected chi connectivity index (χ0v) is 15.5. The first-order valence-electron chi connectivity index (χ1n) is 8.96. The number of nitrogens with zero attached hydrogens (tertiary/aromatic N) is 1. The summed E-state index contributed by atoms with van der Waals surface area (Å²) in [6.07, 6.45) is -2.59. The molecule has 0 spiro atoms. The largest absolute Gasteiger partial charge is 0.483 e. The molecule has 156 valence electrons. The number of alkyl halides is 3. The average molecular weight is 418 g/mol. The van der Waals surface area contributed by atoms with Crippen LogP contribution in [0.5, 0.6) is 5.75 Å². The smallest absolute Gasteiger partial charge is 0.422 e. The zero-order chi connectivity index (χ0) is 21.7. The van der Waals surface area contributed by atoms with E-state index < -0.39 is 18.7 Å². The van der Waals surface area contributed by atoms with E-state index in [0.717, 1.165) is 12.8 Å². The van der Waals surface area contributed by atoms with Gasteiger partial charge in [0.25, 0.3) is 5.91 Å². The van der Waals surface area contributed by atoms with Crippen LogP contribution >= 0.6 is 0 Å². The van der Waals surface area contributed by atoms with Gasteiger partial charge in [-0.1, -0.05) is 0 Å². The number of carbonyl (C=O) groups is 2. The normalized spacial score (nSPS) is 13.1. The van der Waals surface area contributed by atoms with Crippen molar-refractivity contribution in [3.05, 3.63) is 53.6 Å². The highest BCUT2D eigenvalue weighted by Gasteiger charge is 2.29. The maximum absolute atomic E-state index is 12.4. The summed E-state index contributed by atoms with van der Waals surface area (Å²) in [5.41, 5.74) is 0.891. The molecule has 1 aliphatic carbocycles. The van der Waals surface area contributed by atoms with Gasteiger partial charge in [-0.2, -0.15) is 18.4 Å². The van der Waals surface area contributed by atoms with Crippen molar-refractivity contribution in [3.8, 4) is 11.8 Å². The zero-order valence-electron chi connectivity index (χ0n) is 15.5. The Morgan fingerprint density at radius 2 is 1.73 bits per heavy atom. The lowest BCUT2D eigenvalue weighted by Crippen LogP contribution is -2.30. The van der Waals surface area contributed by atoms with Crippen LogP contribution < -0.4 is 20.7 Å². The number of nitrogens with one attached hydrogen (secondary N) is 3. The molecule has 7 nitrogen and oxygen atoms in total. The van der Waals surface area contributed by atoms with E-state index in [1.807, 2.05) is 0 Å². The second-order valence-corrected chi connectivity index (χ2v) is 6.63. The summed E-state index contributed by atoms with van der Waals surface area (Å²) in [4.78, 5) is 24.1. The highest BCUT2D eigenvalue weighted by atomic mass is 19.4. The van der Waals surface area contributed by atoms with E-state index in [1.165, 1.54) is 30.3 Å². The number of anilines is 2. The summed E-state index contributed by atoms with van der Waals surface area (Å²) in [6.45, 7) is -1.52. The monoisotopic (exact) mass is 418 g/mol. The first kappa shape index (κ1) is 21.0. The van der Waals surface area contributed by atoms with E-state index in [1.54, 1.807) is 18.2 Å². The van der Waals surface area contributed by atoms with Gasteiger partial charge in [0.15, 0.2) is 6.61 Å². The summed E-state index contributed by atoms with van der Waals surface area (Å²) in [5, 5.41) is 17.1. The molecule has 3 rings (SSSR count). The summed E-state index contributed by atoms with van der Waals surface area (Å²) in [7, 11) is 0. The Bertz CT molecular complexity index is 980. The molecule has 0 radical (unpaired) electrons. The Kier molecular flexibility index (Phi) is 6.11. The van der Waals surface area contributed by atoms with Crippen molar-refractivity contribution in [1.82, 2.24) is 5.32 Å². The summed E-state index contributed by atoms with van der Waals surface area (Å²) >= 11 is 0. The van der Waals surface area contributed by atoms with Crippen molar-refractivity contribution in [2.24, 2.45) is 0 Å². The van der Waals surface area contributed by atoms with Crippen LogP contribution in [0.15, 0.2) is 42.5 Å². The molecule has 0 bridgehead atoms. The fourth-order valence-electron chi connectivity index (χ4n) is 2.47. The maximum atomic E-state index is 12.4. The molecule has 2 aromatic rings. The molecule has 3 amide bonds. The lowest BCUT2D eigenvalue weighted by atomic mass is 10.1. The van der Waals surface area contributed by atoms with Gasteiger partial charge in [0.1, 0.15) is 11.8 Å². The minimum Gasteiger partial charge on any atom is -0.483 e. The van der Waals surface area contributed by atoms with Gasteiger partial charge in [0.2, 0.25) is 0 Å². The van der Waals surface area contributed by atoms with E-state index in [-0.39, 0.29) is 29.1 Å². The van der Waals surface area contributed by atoms with Crippen molar-refractivity contribution in [2.45, 2.75) is 25.1 Å². The number of rotatable bonds is 6. The fourth-order valence-corrected chi connectivity index (χ4v) is 2.47. The number of hydrogen-bond acceptors (Lipinski definition) is 4. The molecule has 0 aromatic heterocycles. The van der Waals surface area contributed by atoms with Gasteiger partial charge in [-0.05, 0) is 55.3 Å².